The van der Waals surface area contributed by atoms with Crippen LogP contribution in [0.2, 0.25) is 0 Å². The summed E-state index contributed by atoms with van der Waals surface area (Å²) < 4.78 is 8.73. The third-order valence-electron chi connectivity index (χ3n) is 9.21. The Morgan fingerprint density at radius 1 is 1.13 bits per heavy atom. The Morgan fingerprint density at radius 2 is 1.98 bits per heavy atom. The van der Waals surface area contributed by atoms with Gasteiger partial charge in [0.2, 0.25) is 0 Å². The van der Waals surface area contributed by atoms with E-state index in [2.05, 4.69) is 29.0 Å². The molecule has 3 aliphatic rings. The van der Waals surface area contributed by atoms with Gasteiger partial charge in [-0.2, -0.15) is 5.10 Å². The Morgan fingerprint density at radius 3 is 2.78 bits per heavy atom. The number of thiophene rings is 1. The minimum Gasteiger partial charge on any atom is -0.392 e. The Labute approximate surface area is 266 Å². The lowest BCUT2D eigenvalue weighted by Crippen LogP contribution is -2.38. The van der Waals surface area contributed by atoms with Gasteiger partial charge in [-0.15, -0.1) is 11.3 Å². The molecule has 45 heavy (non-hydrogen) atoms. The number of aromatic nitrogens is 4. The predicted molar refractivity (Wildman–Crippen MR) is 174 cm³/mol. The van der Waals surface area contributed by atoms with Gasteiger partial charge in [0.05, 0.1) is 30.3 Å². The maximum absolute atomic E-state index is 13.9. The van der Waals surface area contributed by atoms with E-state index in [1.165, 1.54) is 20.6 Å². The normalized spacial score (nSPS) is 17.4. The van der Waals surface area contributed by atoms with Gasteiger partial charge in [0.25, 0.3) is 11.5 Å². The Kier molecular flexibility index (Phi) is 7.63. The number of pyridine rings is 2. The first-order valence-electron chi connectivity index (χ1n) is 15.5. The Hall–Kier alpha value is -3.84. The summed E-state index contributed by atoms with van der Waals surface area (Å²) in [4.78, 5) is 37.8. The summed E-state index contributed by atoms with van der Waals surface area (Å²) in [6.07, 6.45) is 6.20. The van der Waals surface area contributed by atoms with Crippen LogP contribution in [0, 0.1) is 5.41 Å². The van der Waals surface area contributed by atoms with Crippen molar-refractivity contribution in [3.8, 4) is 11.1 Å². The zero-order valence-electron chi connectivity index (χ0n) is 26.2. The fraction of sp³-hybridized carbons (Fsp3) is 0.455. The number of nitrogens with one attached hydrogen (secondary N) is 1. The molecule has 4 aromatic heterocycles. The summed E-state index contributed by atoms with van der Waals surface area (Å²) >= 11 is 1.62. The molecule has 236 valence electrons. The number of aliphatic hydroxyl groups excluding tert-OH is 1. The fourth-order valence-electron chi connectivity index (χ4n) is 6.98. The fourth-order valence-corrected chi connectivity index (χ4v) is 8.56. The van der Waals surface area contributed by atoms with E-state index in [9.17, 15) is 14.7 Å². The highest BCUT2D eigenvalue weighted by Gasteiger charge is 2.39. The van der Waals surface area contributed by atoms with Crippen LogP contribution in [0.5, 0.6) is 0 Å². The van der Waals surface area contributed by atoms with Crippen LogP contribution >= 0.6 is 11.3 Å². The summed E-state index contributed by atoms with van der Waals surface area (Å²) in [7, 11) is 3.41. The molecule has 0 unspecified atom stereocenters. The molecule has 2 N–H and O–H groups in total. The van der Waals surface area contributed by atoms with E-state index in [1.807, 2.05) is 16.8 Å². The summed E-state index contributed by atoms with van der Waals surface area (Å²) in [5.74, 6) is 1.01. The second kappa shape index (κ2) is 11.5. The van der Waals surface area contributed by atoms with Crippen LogP contribution in [0.3, 0.4) is 0 Å². The number of carbonyl (C=O) groups excluding carboxylic acids is 1. The smallest absolute Gasteiger partial charge is 0.274 e. The molecule has 0 fully saturated rings. The summed E-state index contributed by atoms with van der Waals surface area (Å²) in [5, 5.41) is 18.6. The first kappa shape index (κ1) is 29.8. The van der Waals surface area contributed by atoms with E-state index in [4.69, 9.17) is 9.84 Å². The van der Waals surface area contributed by atoms with Crippen LogP contribution < -0.4 is 15.8 Å². The van der Waals surface area contributed by atoms with Crippen molar-refractivity contribution in [1.82, 2.24) is 24.2 Å². The number of hydrogen-bond donors (Lipinski definition) is 2. The maximum atomic E-state index is 13.9. The van der Waals surface area contributed by atoms with Gasteiger partial charge in [-0.05, 0) is 53.5 Å². The molecule has 0 saturated carbocycles. The highest BCUT2D eigenvalue weighted by Crippen LogP contribution is 2.46. The summed E-state index contributed by atoms with van der Waals surface area (Å²) in [5.41, 5.74) is 6.05. The standard InChI is InChI=1S/C33H39N7O4S/c1-33(2)15-24-23-6-8-39(32(43)29(23)45-27(24)16-33)30-25(19-41)22(5-7-34-30)20-13-26(31(42)37(3)17-20)35-28-14-21-18-38(11-12-44-4)9-10-40(21)36-28/h5,7,13-14,17,41H,6,8-12,15-16,18-19H2,1-4H3,(H,35,36). The highest BCUT2D eigenvalue weighted by atomic mass is 32.1. The first-order valence-corrected chi connectivity index (χ1v) is 16.3. The SMILES string of the molecule is COCCN1CCn2nc(Nc3cc(-c4ccnc(N5CCc6c(sc7c6CC(C)(C)C7)C5=O)c4CO)cn(C)c3=O)cc2C1. The molecule has 7 rings (SSSR count). The zero-order chi connectivity index (χ0) is 31.5. The molecule has 0 bridgehead atoms. The van der Waals surface area contributed by atoms with Gasteiger partial charge in [-0.1, -0.05) is 13.8 Å². The van der Waals surface area contributed by atoms with Crippen molar-refractivity contribution in [3.05, 3.63) is 73.1 Å². The number of aliphatic hydroxyl groups is 1. The van der Waals surface area contributed by atoms with Crippen molar-refractivity contribution in [2.45, 2.75) is 52.8 Å². The molecule has 1 aliphatic carbocycles. The number of aryl methyl sites for hydroxylation is 1. The molecule has 0 atom stereocenters. The van der Waals surface area contributed by atoms with Crippen LogP contribution in [-0.2, 0) is 50.7 Å². The third kappa shape index (κ3) is 5.39. The molecule has 12 heteroatoms. The van der Waals surface area contributed by atoms with Gasteiger partial charge in [-0.25, -0.2) is 4.98 Å². The molecule has 0 radical (unpaired) electrons. The number of carbonyl (C=O) groups is 1. The number of methoxy groups -OCH3 is 1. The number of fused-ring (bicyclic) bond motifs is 4. The molecule has 1 amide bonds. The van der Waals surface area contributed by atoms with Crippen LogP contribution in [0.25, 0.3) is 11.1 Å². The predicted octanol–water partition coefficient (Wildman–Crippen LogP) is 3.73. The number of anilines is 3. The quantitative estimate of drug-likeness (QED) is 0.303. The number of hydrogen-bond acceptors (Lipinski definition) is 9. The van der Waals surface area contributed by atoms with Crippen molar-refractivity contribution in [2.24, 2.45) is 12.5 Å². The van der Waals surface area contributed by atoms with Crippen molar-refractivity contribution >= 4 is 34.6 Å². The molecule has 0 spiro atoms. The second-order valence-corrected chi connectivity index (χ2v) is 14.2. The molecule has 6 heterocycles. The van der Waals surface area contributed by atoms with E-state index in [-0.39, 0.29) is 23.5 Å². The van der Waals surface area contributed by atoms with Crippen LogP contribution in [-0.4, -0.2) is 68.6 Å². The molecule has 0 saturated heterocycles. The molecule has 4 aromatic rings. The lowest BCUT2D eigenvalue weighted by atomic mass is 9.89. The number of ether oxygens (including phenoxy) is 1. The van der Waals surface area contributed by atoms with Gasteiger partial charge >= 0.3 is 0 Å². The average molecular weight is 630 g/mol. The van der Waals surface area contributed by atoms with Crippen LogP contribution in [0.4, 0.5) is 17.3 Å². The van der Waals surface area contributed by atoms with Gasteiger partial charge in [0.15, 0.2) is 5.82 Å². The summed E-state index contributed by atoms with van der Waals surface area (Å²) in [6, 6.07) is 5.59. The third-order valence-corrected chi connectivity index (χ3v) is 10.5. The molecule has 2 aliphatic heterocycles. The largest absolute Gasteiger partial charge is 0.392 e. The van der Waals surface area contributed by atoms with Crippen molar-refractivity contribution in [2.75, 3.05) is 43.6 Å². The van der Waals surface area contributed by atoms with Crippen molar-refractivity contribution in [3.63, 3.8) is 0 Å². The van der Waals surface area contributed by atoms with E-state index >= 15 is 0 Å². The van der Waals surface area contributed by atoms with E-state index in [0.29, 0.717) is 41.6 Å². The van der Waals surface area contributed by atoms with Gasteiger partial charge in [0, 0.05) is 74.8 Å². The van der Waals surface area contributed by atoms with E-state index in [1.54, 1.807) is 48.9 Å². The van der Waals surface area contributed by atoms with Gasteiger partial charge < -0.3 is 19.7 Å². The molecular formula is C33H39N7O4S. The number of nitrogens with zero attached hydrogens (tertiary/aromatic N) is 6. The van der Waals surface area contributed by atoms with Crippen molar-refractivity contribution in [1.29, 1.82) is 0 Å². The molecular weight excluding hydrogens is 590 g/mol. The number of amides is 1. The lowest BCUT2D eigenvalue weighted by Gasteiger charge is -2.29. The molecule has 0 aromatic carbocycles. The maximum Gasteiger partial charge on any atom is 0.274 e. The Bertz CT molecular complexity index is 1860. The van der Waals surface area contributed by atoms with Gasteiger partial charge in [-0.3, -0.25) is 24.1 Å². The molecule has 11 nitrogen and oxygen atoms in total. The van der Waals surface area contributed by atoms with Crippen LogP contribution in [0.15, 0.2) is 35.4 Å². The van der Waals surface area contributed by atoms with E-state index in [0.717, 1.165) is 61.6 Å². The van der Waals surface area contributed by atoms with Crippen LogP contribution in [0.1, 0.15) is 50.8 Å². The topological polar surface area (TPSA) is 118 Å². The second-order valence-electron chi connectivity index (χ2n) is 13.1. The van der Waals surface area contributed by atoms with Gasteiger partial charge in [0.1, 0.15) is 11.5 Å². The Balaban J connectivity index is 1.18. The summed E-state index contributed by atoms with van der Waals surface area (Å²) in [6.45, 7) is 8.72. The highest BCUT2D eigenvalue weighted by molar-refractivity contribution is 7.14. The first-order chi connectivity index (χ1) is 21.7. The van der Waals surface area contributed by atoms with Crippen molar-refractivity contribution < 1.29 is 14.6 Å². The lowest BCUT2D eigenvalue weighted by molar-refractivity contribution is 0.0983. The monoisotopic (exact) mass is 629 g/mol. The average Bonchev–Trinajstić information content (AvgIpc) is 3.67. The minimum absolute atomic E-state index is 0.0554. The number of rotatable bonds is 8. The van der Waals surface area contributed by atoms with E-state index < -0.39 is 0 Å². The zero-order valence-corrected chi connectivity index (χ0v) is 27.0. The minimum atomic E-state index is -0.302.